The lowest BCUT2D eigenvalue weighted by atomic mass is 10.2. The summed E-state index contributed by atoms with van der Waals surface area (Å²) in [6, 6.07) is 26.3. The van der Waals surface area contributed by atoms with E-state index in [0.717, 1.165) is 42.2 Å². The van der Waals surface area contributed by atoms with Gasteiger partial charge in [0.15, 0.2) is 0 Å². The molecular formula is C26H26N2O2. The van der Waals surface area contributed by atoms with Crippen LogP contribution in [0.25, 0.3) is 23.2 Å². The Bertz CT molecular complexity index is 1100. The van der Waals surface area contributed by atoms with Crippen molar-refractivity contribution in [3.63, 3.8) is 0 Å². The van der Waals surface area contributed by atoms with E-state index >= 15 is 0 Å². The summed E-state index contributed by atoms with van der Waals surface area (Å²) in [4.78, 5) is 4.82. The van der Waals surface area contributed by atoms with Gasteiger partial charge in [-0.3, -0.25) is 0 Å². The number of ether oxygens (including phenoxy) is 2. The molecule has 0 aliphatic heterocycles. The van der Waals surface area contributed by atoms with Gasteiger partial charge < -0.3 is 14.0 Å². The van der Waals surface area contributed by atoms with Crippen molar-refractivity contribution in [2.45, 2.75) is 19.4 Å². The van der Waals surface area contributed by atoms with E-state index in [0.29, 0.717) is 6.61 Å². The quantitative estimate of drug-likeness (QED) is 0.321. The van der Waals surface area contributed by atoms with Crippen molar-refractivity contribution in [2.75, 3.05) is 13.7 Å². The number of rotatable bonds is 9. The minimum absolute atomic E-state index is 0.689. The molecule has 30 heavy (non-hydrogen) atoms. The lowest BCUT2D eigenvalue weighted by Gasteiger charge is -2.09. The fourth-order valence-corrected chi connectivity index (χ4v) is 3.43. The largest absolute Gasteiger partial charge is 0.497 e. The first-order chi connectivity index (χ1) is 14.8. The van der Waals surface area contributed by atoms with Gasteiger partial charge >= 0.3 is 0 Å². The molecule has 4 nitrogen and oxygen atoms in total. The van der Waals surface area contributed by atoms with Gasteiger partial charge in [-0.25, -0.2) is 4.98 Å². The molecule has 0 aliphatic carbocycles. The number of hydrogen-bond donors (Lipinski definition) is 0. The van der Waals surface area contributed by atoms with Gasteiger partial charge in [-0.05, 0) is 60.9 Å². The maximum atomic E-state index is 5.85. The number of methoxy groups -OCH3 is 1. The number of aromatic nitrogens is 2. The summed E-state index contributed by atoms with van der Waals surface area (Å²) in [7, 11) is 1.67. The first-order valence-electron chi connectivity index (χ1n) is 10.3. The highest BCUT2D eigenvalue weighted by Crippen LogP contribution is 2.20. The van der Waals surface area contributed by atoms with Crippen molar-refractivity contribution in [3.8, 4) is 11.5 Å². The van der Waals surface area contributed by atoms with E-state index < -0.39 is 0 Å². The second kappa shape index (κ2) is 9.79. The smallest absolute Gasteiger partial charge is 0.133 e. The van der Waals surface area contributed by atoms with E-state index in [1.54, 1.807) is 7.11 Å². The molecule has 1 aromatic heterocycles. The number of aryl methyl sites for hydroxylation is 1. The minimum atomic E-state index is 0.689. The standard InChI is InChI=1S/C26H26N2O2/c1-29-22-14-16-23(17-15-22)30-20-8-7-19-28-25-12-6-5-11-24(25)27-26(28)18-13-21-9-3-2-4-10-21/h2-6,9-18H,7-8,19-20H2,1H3/b18-13+. The first-order valence-corrected chi connectivity index (χ1v) is 10.3. The fraction of sp³-hybridized carbons (Fsp3) is 0.192. The zero-order valence-corrected chi connectivity index (χ0v) is 17.2. The Balaban J connectivity index is 1.39. The summed E-state index contributed by atoms with van der Waals surface area (Å²) in [5, 5.41) is 0. The van der Waals surface area contributed by atoms with E-state index in [4.69, 9.17) is 14.5 Å². The lowest BCUT2D eigenvalue weighted by molar-refractivity contribution is 0.303. The molecule has 0 fully saturated rings. The third kappa shape index (κ3) is 4.90. The molecule has 0 saturated heterocycles. The van der Waals surface area contributed by atoms with Crippen LogP contribution < -0.4 is 9.47 Å². The molecular weight excluding hydrogens is 372 g/mol. The molecule has 0 N–H and O–H groups in total. The van der Waals surface area contributed by atoms with Crippen molar-refractivity contribution in [1.29, 1.82) is 0 Å². The number of nitrogens with zero attached hydrogens (tertiary/aromatic N) is 2. The Morgan fingerprint density at radius 1 is 0.800 bits per heavy atom. The van der Waals surface area contributed by atoms with E-state index in [1.165, 1.54) is 11.1 Å². The molecule has 1 heterocycles. The second-order valence-corrected chi connectivity index (χ2v) is 7.09. The van der Waals surface area contributed by atoms with Gasteiger partial charge in [-0.2, -0.15) is 0 Å². The van der Waals surface area contributed by atoms with Crippen LogP contribution in [0.5, 0.6) is 11.5 Å². The maximum absolute atomic E-state index is 5.85. The SMILES string of the molecule is COc1ccc(OCCCCn2c(/C=C/c3ccccc3)nc3ccccc32)cc1. The number of unbranched alkanes of at least 4 members (excludes halogenated alkanes) is 1. The minimum Gasteiger partial charge on any atom is -0.497 e. The Hall–Kier alpha value is -3.53. The second-order valence-electron chi connectivity index (χ2n) is 7.09. The fourth-order valence-electron chi connectivity index (χ4n) is 3.43. The molecule has 3 aromatic carbocycles. The molecule has 0 aliphatic rings. The third-order valence-electron chi connectivity index (χ3n) is 5.01. The molecule has 152 valence electrons. The molecule has 4 aromatic rings. The number of benzene rings is 3. The zero-order chi connectivity index (χ0) is 20.6. The summed E-state index contributed by atoms with van der Waals surface area (Å²) in [6.45, 7) is 1.59. The molecule has 0 bridgehead atoms. The normalized spacial score (nSPS) is 11.2. The van der Waals surface area contributed by atoms with E-state index in [-0.39, 0.29) is 0 Å². The average Bonchev–Trinajstić information content (AvgIpc) is 3.16. The predicted molar refractivity (Wildman–Crippen MR) is 123 cm³/mol. The lowest BCUT2D eigenvalue weighted by Crippen LogP contribution is -2.04. The van der Waals surface area contributed by atoms with Crippen LogP contribution in [0.1, 0.15) is 24.2 Å². The maximum Gasteiger partial charge on any atom is 0.133 e. The molecule has 0 atom stereocenters. The van der Waals surface area contributed by atoms with Crippen LogP contribution in [0.3, 0.4) is 0 Å². The van der Waals surface area contributed by atoms with E-state index in [9.17, 15) is 0 Å². The number of imidazole rings is 1. The number of hydrogen-bond acceptors (Lipinski definition) is 3. The summed E-state index contributed by atoms with van der Waals surface area (Å²) >= 11 is 0. The Morgan fingerprint density at radius 2 is 1.53 bits per heavy atom. The van der Waals surface area contributed by atoms with Crippen molar-refractivity contribution in [2.24, 2.45) is 0 Å². The van der Waals surface area contributed by atoms with E-state index in [2.05, 4.69) is 47.1 Å². The Labute approximate surface area is 177 Å². The van der Waals surface area contributed by atoms with Crippen molar-refractivity contribution < 1.29 is 9.47 Å². The highest BCUT2D eigenvalue weighted by molar-refractivity contribution is 5.79. The summed E-state index contributed by atoms with van der Waals surface area (Å²) < 4.78 is 13.3. The summed E-state index contributed by atoms with van der Waals surface area (Å²) in [5.41, 5.74) is 3.37. The van der Waals surface area contributed by atoms with Crippen LogP contribution >= 0.6 is 0 Å². The summed E-state index contributed by atoms with van der Waals surface area (Å²) in [5.74, 6) is 2.69. The van der Waals surface area contributed by atoms with Gasteiger partial charge in [0.05, 0.1) is 24.8 Å². The molecule has 0 saturated carbocycles. The van der Waals surface area contributed by atoms with Gasteiger partial charge in [0.1, 0.15) is 17.3 Å². The third-order valence-corrected chi connectivity index (χ3v) is 5.01. The predicted octanol–water partition coefficient (Wildman–Crippen LogP) is 6.07. The van der Waals surface area contributed by atoms with Crippen molar-refractivity contribution in [1.82, 2.24) is 9.55 Å². The highest BCUT2D eigenvalue weighted by Gasteiger charge is 2.08. The topological polar surface area (TPSA) is 36.3 Å². The first kappa shape index (κ1) is 19.8. The Morgan fingerprint density at radius 3 is 2.33 bits per heavy atom. The van der Waals surface area contributed by atoms with Crippen LogP contribution in [-0.2, 0) is 6.54 Å². The van der Waals surface area contributed by atoms with Gasteiger partial charge in [-0.1, -0.05) is 48.5 Å². The molecule has 4 heteroatoms. The molecule has 4 rings (SSSR count). The monoisotopic (exact) mass is 398 g/mol. The molecule has 0 radical (unpaired) electrons. The highest BCUT2D eigenvalue weighted by atomic mass is 16.5. The summed E-state index contributed by atoms with van der Waals surface area (Å²) in [6.07, 6.45) is 6.21. The number of fused-ring (bicyclic) bond motifs is 1. The van der Waals surface area contributed by atoms with Gasteiger partial charge in [0.2, 0.25) is 0 Å². The van der Waals surface area contributed by atoms with Crippen LogP contribution in [0, 0.1) is 0 Å². The zero-order valence-electron chi connectivity index (χ0n) is 17.2. The van der Waals surface area contributed by atoms with Gasteiger partial charge in [-0.15, -0.1) is 0 Å². The number of para-hydroxylation sites is 2. The van der Waals surface area contributed by atoms with Crippen LogP contribution in [0.2, 0.25) is 0 Å². The van der Waals surface area contributed by atoms with Crippen LogP contribution in [0.4, 0.5) is 0 Å². The average molecular weight is 399 g/mol. The van der Waals surface area contributed by atoms with Gasteiger partial charge in [0.25, 0.3) is 0 Å². The molecule has 0 amide bonds. The van der Waals surface area contributed by atoms with Crippen molar-refractivity contribution >= 4 is 23.2 Å². The van der Waals surface area contributed by atoms with Crippen LogP contribution in [-0.4, -0.2) is 23.3 Å². The Kier molecular flexibility index (Phi) is 6.45. The van der Waals surface area contributed by atoms with Gasteiger partial charge in [0, 0.05) is 6.54 Å². The van der Waals surface area contributed by atoms with Crippen LogP contribution in [0.15, 0.2) is 78.9 Å². The molecule has 0 spiro atoms. The van der Waals surface area contributed by atoms with E-state index in [1.807, 2.05) is 48.5 Å². The van der Waals surface area contributed by atoms with Crippen molar-refractivity contribution in [3.05, 3.63) is 90.3 Å². The molecule has 0 unspecified atom stereocenters.